The monoisotopic (exact) mass is 486 g/mol. The number of rotatable bonds is 5. The average molecular weight is 486 g/mol. The Morgan fingerprint density at radius 3 is 2.63 bits per heavy atom. The zero-order valence-corrected chi connectivity index (χ0v) is 18.1. The van der Waals surface area contributed by atoms with Crippen molar-refractivity contribution in [1.82, 2.24) is 24.9 Å². The molecular weight excluding hydrogens is 459 g/mol. The SMILES string of the molecule is CN=C(NCC(C)Cn1cccn1)N1CCN(C(=O)c2ccco2)CC1.I. The summed E-state index contributed by atoms with van der Waals surface area (Å²) in [5.74, 6) is 1.65. The van der Waals surface area contributed by atoms with Gasteiger partial charge in [0.1, 0.15) is 0 Å². The van der Waals surface area contributed by atoms with Crippen LogP contribution in [0.4, 0.5) is 0 Å². The fourth-order valence-electron chi connectivity index (χ4n) is 3.07. The lowest BCUT2D eigenvalue weighted by Gasteiger charge is -2.36. The molecule has 0 spiro atoms. The van der Waals surface area contributed by atoms with Crippen molar-refractivity contribution in [1.29, 1.82) is 0 Å². The molecule has 0 aliphatic carbocycles. The van der Waals surface area contributed by atoms with Crippen LogP contribution < -0.4 is 5.32 Å². The van der Waals surface area contributed by atoms with E-state index in [1.165, 1.54) is 6.26 Å². The summed E-state index contributed by atoms with van der Waals surface area (Å²) in [5.41, 5.74) is 0. The molecule has 3 heterocycles. The highest BCUT2D eigenvalue weighted by molar-refractivity contribution is 14.0. The molecule has 1 N–H and O–H groups in total. The van der Waals surface area contributed by atoms with Crippen LogP contribution >= 0.6 is 24.0 Å². The van der Waals surface area contributed by atoms with Crippen LogP contribution in [0.5, 0.6) is 0 Å². The maximum Gasteiger partial charge on any atom is 0.289 e. The first kappa shape index (κ1) is 21.3. The number of amides is 1. The van der Waals surface area contributed by atoms with Gasteiger partial charge in [-0.3, -0.25) is 14.5 Å². The quantitative estimate of drug-likeness (QED) is 0.396. The lowest BCUT2D eigenvalue weighted by molar-refractivity contribution is 0.0657. The number of carbonyl (C=O) groups is 1. The first-order valence-corrected chi connectivity index (χ1v) is 8.93. The Hall–Kier alpha value is -2.04. The number of aliphatic imine (C=N–C) groups is 1. The number of piperazine rings is 1. The van der Waals surface area contributed by atoms with Gasteiger partial charge in [-0.05, 0) is 24.1 Å². The summed E-state index contributed by atoms with van der Waals surface area (Å²) in [4.78, 5) is 20.7. The van der Waals surface area contributed by atoms with Gasteiger partial charge in [0.05, 0.1) is 6.26 Å². The smallest absolute Gasteiger partial charge is 0.289 e. The number of furan rings is 1. The zero-order chi connectivity index (χ0) is 18.4. The Morgan fingerprint density at radius 1 is 1.30 bits per heavy atom. The van der Waals surface area contributed by atoms with Gasteiger partial charge in [-0.15, -0.1) is 24.0 Å². The molecule has 3 rings (SSSR count). The van der Waals surface area contributed by atoms with Crippen molar-refractivity contribution in [3.63, 3.8) is 0 Å². The summed E-state index contributed by atoms with van der Waals surface area (Å²) < 4.78 is 7.14. The van der Waals surface area contributed by atoms with Gasteiger partial charge >= 0.3 is 0 Å². The number of halogens is 1. The second-order valence-corrected chi connectivity index (χ2v) is 6.52. The Bertz CT molecular complexity index is 708. The molecule has 27 heavy (non-hydrogen) atoms. The number of guanidine groups is 1. The largest absolute Gasteiger partial charge is 0.459 e. The Balaban J connectivity index is 0.00000261. The summed E-state index contributed by atoms with van der Waals surface area (Å²) in [7, 11) is 1.79. The fourth-order valence-corrected chi connectivity index (χ4v) is 3.07. The van der Waals surface area contributed by atoms with E-state index in [4.69, 9.17) is 4.42 Å². The van der Waals surface area contributed by atoms with E-state index in [0.717, 1.165) is 32.1 Å². The molecule has 0 bridgehead atoms. The molecule has 0 aromatic carbocycles. The summed E-state index contributed by atoms with van der Waals surface area (Å²) in [5, 5.41) is 7.68. The lowest BCUT2D eigenvalue weighted by Crippen LogP contribution is -2.54. The van der Waals surface area contributed by atoms with Crippen LogP contribution in [0.25, 0.3) is 0 Å². The second kappa shape index (κ2) is 10.3. The van der Waals surface area contributed by atoms with Gasteiger partial charge in [0.15, 0.2) is 11.7 Å². The molecule has 2 aromatic heterocycles. The Morgan fingerprint density at radius 2 is 2.04 bits per heavy atom. The molecule has 148 valence electrons. The van der Waals surface area contributed by atoms with Crippen LogP contribution in [0, 0.1) is 5.92 Å². The highest BCUT2D eigenvalue weighted by Gasteiger charge is 2.25. The molecule has 1 saturated heterocycles. The van der Waals surface area contributed by atoms with Gasteiger partial charge in [0.2, 0.25) is 0 Å². The average Bonchev–Trinajstić information content (AvgIpc) is 3.36. The minimum Gasteiger partial charge on any atom is -0.459 e. The van der Waals surface area contributed by atoms with Crippen molar-refractivity contribution in [2.45, 2.75) is 13.5 Å². The van der Waals surface area contributed by atoms with E-state index < -0.39 is 0 Å². The number of nitrogens with zero attached hydrogens (tertiary/aromatic N) is 5. The molecule has 1 aliphatic rings. The van der Waals surface area contributed by atoms with Crippen molar-refractivity contribution >= 4 is 35.8 Å². The van der Waals surface area contributed by atoms with Crippen LogP contribution in [-0.4, -0.2) is 71.2 Å². The zero-order valence-electron chi connectivity index (χ0n) is 15.7. The third-order valence-electron chi connectivity index (χ3n) is 4.48. The molecule has 1 unspecified atom stereocenters. The molecule has 9 heteroatoms. The van der Waals surface area contributed by atoms with E-state index in [9.17, 15) is 4.79 Å². The second-order valence-electron chi connectivity index (χ2n) is 6.52. The standard InChI is InChI=1S/C18H26N6O2.HI/c1-15(14-24-7-4-6-21-24)13-20-18(19-2)23-10-8-22(9-11-23)17(25)16-5-3-12-26-16;/h3-7,12,15H,8-11,13-14H2,1-2H3,(H,19,20);1H. The number of nitrogens with one attached hydrogen (secondary N) is 1. The van der Waals surface area contributed by atoms with Crippen molar-refractivity contribution in [2.75, 3.05) is 39.8 Å². The van der Waals surface area contributed by atoms with Gasteiger partial charge in [-0.2, -0.15) is 5.10 Å². The molecule has 1 amide bonds. The third kappa shape index (κ3) is 5.72. The van der Waals surface area contributed by atoms with E-state index in [0.29, 0.717) is 24.8 Å². The molecular formula is C18H27IN6O2. The van der Waals surface area contributed by atoms with Gasteiger partial charge in [0.25, 0.3) is 5.91 Å². The van der Waals surface area contributed by atoms with Crippen LogP contribution in [0.15, 0.2) is 46.3 Å². The minimum atomic E-state index is -0.0505. The topological polar surface area (TPSA) is 78.9 Å². The van der Waals surface area contributed by atoms with Gasteiger partial charge in [0, 0.05) is 58.7 Å². The normalized spacial score (nSPS) is 16.0. The van der Waals surface area contributed by atoms with Gasteiger partial charge in [-0.25, -0.2) is 0 Å². The minimum absolute atomic E-state index is 0. The van der Waals surface area contributed by atoms with E-state index in [1.807, 2.05) is 21.8 Å². The van der Waals surface area contributed by atoms with Crippen LogP contribution in [-0.2, 0) is 6.54 Å². The summed E-state index contributed by atoms with van der Waals surface area (Å²) in [6, 6.07) is 5.37. The molecule has 0 saturated carbocycles. The first-order valence-electron chi connectivity index (χ1n) is 8.93. The highest BCUT2D eigenvalue weighted by Crippen LogP contribution is 2.09. The van der Waals surface area contributed by atoms with Crippen molar-refractivity contribution < 1.29 is 9.21 Å². The van der Waals surface area contributed by atoms with E-state index in [1.54, 1.807) is 25.4 Å². The molecule has 1 atom stereocenters. The third-order valence-corrected chi connectivity index (χ3v) is 4.48. The summed E-state index contributed by atoms with van der Waals surface area (Å²) in [6.45, 7) is 6.67. The van der Waals surface area contributed by atoms with E-state index in [2.05, 4.69) is 27.2 Å². The van der Waals surface area contributed by atoms with Crippen molar-refractivity contribution in [3.05, 3.63) is 42.6 Å². The Kier molecular flexibility index (Phi) is 8.14. The highest BCUT2D eigenvalue weighted by atomic mass is 127. The van der Waals surface area contributed by atoms with E-state index in [-0.39, 0.29) is 29.9 Å². The molecule has 8 nitrogen and oxygen atoms in total. The first-order chi connectivity index (χ1) is 12.7. The molecule has 2 aromatic rings. The van der Waals surface area contributed by atoms with Crippen molar-refractivity contribution in [2.24, 2.45) is 10.9 Å². The lowest BCUT2D eigenvalue weighted by atomic mass is 10.2. The summed E-state index contributed by atoms with van der Waals surface area (Å²) in [6.07, 6.45) is 5.29. The number of hydrogen-bond acceptors (Lipinski definition) is 4. The van der Waals surface area contributed by atoms with Crippen LogP contribution in [0.2, 0.25) is 0 Å². The summed E-state index contributed by atoms with van der Waals surface area (Å²) >= 11 is 0. The predicted octanol–water partition coefficient (Wildman–Crippen LogP) is 1.76. The maximum absolute atomic E-state index is 12.3. The predicted molar refractivity (Wildman–Crippen MR) is 114 cm³/mol. The molecule has 1 fully saturated rings. The van der Waals surface area contributed by atoms with Gasteiger partial charge < -0.3 is 19.5 Å². The van der Waals surface area contributed by atoms with Crippen LogP contribution in [0.3, 0.4) is 0 Å². The number of carbonyl (C=O) groups excluding carboxylic acids is 1. The van der Waals surface area contributed by atoms with Crippen LogP contribution in [0.1, 0.15) is 17.5 Å². The van der Waals surface area contributed by atoms with Crippen molar-refractivity contribution in [3.8, 4) is 0 Å². The van der Waals surface area contributed by atoms with E-state index >= 15 is 0 Å². The Labute approximate surface area is 176 Å². The molecule has 0 radical (unpaired) electrons. The maximum atomic E-state index is 12.3. The fraction of sp³-hybridized carbons (Fsp3) is 0.500. The van der Waals surface area contributed by atoms with Gasteiger partial charge in [-0.1, -0.05) is 6.92 Å². The number of aromatic nitrogens is 2. The number of hydrogen-bond donors (Lipinski definition) is 1. The molecule has 1 aliphatic heterocycles.